The molecule has 0 aliphatic carbocycles. The fourth-order valence-electron chi connectivity index (χ4n) is 5.90. The highest BCUT2D eigenvalue weighted by atomic mass is 32.1. The molecule has 1 unspecified atom stereocenters. The van der Waals surface area contributed by atoms with Gasteiger partial charge in [0.15, 0.2) is 8.07 Å². The second-order valence-corrected chi connectivity index (χ2v) is 13.8. The minimum Gasteiger partial charge on any atom is -0.135 e. The smallest absolute Gasteiger partial charge is 0.135 e. The fourth-order valence-corrected chi connectivity index (χ4v) is 12.5. The highest BCUT2D eigenvalue weighted by Crippen LogP contribution is 2.41. The Morgan fingerprint density at radius 3 is 2.21 bits per heavy atom. The molecule has 33 heavy (non-hydrogen) atoms. The summed E-state index contributed by atoms with van der Waals surface area (Å²) < 4.78 is 2.80. The molecule has 0 amide bonds. The first-order chi connectivity index (χ1) is 16.3. The monoisotopic (exact) mass is 454 g/mol. The third kappa shape index (κ3) is 2.51. The van der Waals surface area contributed by atoms with E-state index in [9.17, 15) is 0 Å². The van der Waals surface area contributed by atoms with Crippen LogP contribution in [0.4, 0.5) is 0 Å². The van der Waals surface area contributed by atoms with Crippen LogP contribution in [0.3, 0.4) is 0 Å². The third-order valence-corrected chi connectivity index (χ3v) is 13.3. The molecular weight excluding hydrogens is 432 g/mol. The zero-order valence-corrected chi connectivity index (χ0v) is 20.2. The number of hydrogen-bond acceptors (Lipinski definition) is 1. The lowest BCUT2D eigenvalue weighted by molar-refractivity contribution is 1.49. The van der Waals surface area contributed by atoms with Gasteiger partial charge >= 0.3 is 0 Å². The van der Waals surface area contributed by atoms with E-state index in [1.165, 1.54) is 57.6 Å². The Labute approximate surface area is 198 Å². The molecule has 0 saturated heterocycles. The molecule has 0 nitrogen and oxygen atoms in total. The molecule has 1 aromatic heterocycles. The minimum absolute atomic E-state index is 1.32. The molecule has 5 aromatic carbocycles. The normalized spacial score (nSPS) is 16.8. The molecule has 0 fully saturated rings. The van der Waals surface area contributed by atoms with E-state index in [1.54, 1.807) is 0 Å². The maximum atomic E-state index is 2.46. The molecule has 0 N–H and O–H groups in total. The molecule has 2 heterocycles. The van der Waals surface area contributed by atoms with E-state index in [0.29, 0.717) is 0 Å². The molecule has 156 valence electrons. The second kappa shape index (κ2) is 7.02. The molecule has 0 saturated carbocycles. The van der Waals surface area contributed by atoms with Crippen molar-refractivity contribution < 1.29 is 0 Å². The first kappa shape index (κ1) is 19.0. The highest BCUT2D eigenvalue weighted by molar-refractivity contribution is 7.28. The third-order valence-electron chi connectivity index (χ3n) is 7.21. The Kier molecular flexibility index (Phi) is 4.05. The predicted octanol–water partition coefficient (Wildman–Crippen LogP) is 5.72. The Bertz CT molecular complexity index is 1680. The summed E-state index contributed by atoms with van der Waals surface area (Å²) in [5, 5.41) is 8.72. The van der Waals surface area contributed by atoms with Gasteiger partial charge in [-0.15, -0.1) is 11.3 Å². The summed E-state index contributed by atoms with van der Waals surface area (Å²) in [5.74, 6) is 0. The van der Waals surface area contributed by atoms with Crippen molar-refractivity contribution in [2.45, 2.75) is 6.92 Å². The van der Waals surface area contributed by atoms with Gasteiger partial charge in [-0.05, 0) is 44.9 Å². The van der Waals surface area contributed by atoms with Gasteiger partial charge in [0.25, 0.3) is 0 Å². The minimum atomic E-state index is -2.42. The van der Waals surface area contributed by atoms with E-state index in [4.69, 9.17) is 0 Å². The lowest BCUT2D eigenvalue weighted by atomic mass is 10.0. The molecule has 7 rings (SSSR count). The summed E-state index contributed by atoms with van der Waals surface area (Å²) in [6, 6.07) is 43.4. The fraction of sp³-hybridized carbons (Fsp3) is 0.0323. The Morgan fingerprint density at radius 1 is 0.576 bits per heavy atom. The number of aryl methyl sites for hydroxylation is 1. The van der Waals surface area contributed by atoms with Gasteiger partial charge < -0.3 is 0 Å². The first-order valence-corrected chi connectivity index (χ1v) is 14.3. The number of thiophene rings is 1. The quantitative estimate of drug-likeness (QED) is 0.293. The summed E-state index contributed by atoms with van der Waals surface area (Å²) in [5.41, 5.74) is 4.20. The predicted molar refractivity (Wildman–Crippen MR) is 147 cm³/mol. The van der Waals surface area contributed by atoms with Crippen molar-refractivity contribution in [2.75, 3.05) is 0 Å². The van der Waals surface area contributed by atoms with E-state index in [2.05, 4.69) is 122 Å². The van der Waals surface area contributed by atoms with Crippen LogP contribution in [0.1, 0.15) is 5.56 Å². The molecule has 1 aliphatic rings. The number of hydrogen-bond donors (Lipinski definition) is 0. The van der Waals surface area contributed by atoms with E-state index in [-0.39, 0.29) is 0 Å². The summed E-state index contributed by atoms with van der Waals surface area (Å²) in [6.45, 7) is 2.22. The molecular formula is C31H22SSi. The van der Waals surface area contributed by atoms with Crippen LogP contribution < -0.4 is 20.7 Å². The SMILES string of the molecule is Cc1cccc([Si]2(c3ccccc3)c3ccccc3-c3c2ccc2c3sc3ccccc32)c1. The van der Waals surface area contributed by atoms with Gasteiger partial charge in [0.1, 0.15) is 0 Å². The highest BCUT2D eigenvalue weighted by Gasteiger charge is 2.49. The average molecular weight is 455 g/mol. The number of benzene rings is 5. The van der Waals surface area contributed by atoms with Crippen molar-refractivity contribution in [3.63, 3.8) is 0 Å². The summed E-state index contributed by atoms with van der Waals surface area (Å²) in [4.78, 5) is 0. The van der Waals surface area contributed by atoms with Gasteiger partial charge in [0, 0.05) is 20.2 Å². The molecule has 0 spiro atoms. The van der Waals surface area contributed by atoms with Crippen molar-refractivity contribution in [3.8, 4) is 11.1 Å². The van der Waals surface area contributed by atoms with Crippen LogP contribution in [0.2, 0.25) is 0 Å². The second-order valence-electron chi connectivity index (χ2n) is 8.99. The van der Waals surface area contributed by atoms with Crippen LogP contribution in [0.5, 0.6) is 0 Å². The van der Waals surface area contributed by atoms with E-state index < -0.39 is 8.07 Å². The van der Waals surface area contributed by atoms with Crippen LogP contribution in [-0.4, -0.2) is 8.07 Å². The Balaban J connectivity index is 1.71. The molecule has 0 bridgehead atoms. The van der Waals surface area contributed by atoms with Gasteiger partial charge in [-0.25, -0.2) is 0 Å². The van der Waals surface area contributed by atoms with Gasteiger partial charge in [-0.2, -0.15) is 0 Å². The topological polar surface area (TPSA) is 0 Å². The summed E-state index contributed by atoms with van der Waals surface area (Å²) in [7, 11) is -2.42. The molecule has 2 heteroatoms. The van der Waals surface area contributed by atoms with Gasteiger partial charge in [0.05, 0.1) is 0 Å². The summed E-state index contributed by atoms with van der Waals surface area (Å²) in [6.07, 6.45) is 0. The van der Waals surface area contributed by atoms with Crippen molar-refractivity contribution in [2.24, 2.45) is 0 Å². The zero-order chi connectivity index (χ0) is 22.0. The van der Waals surface area contributed by atoms with Crippen LogP contribution in [0.15, 0.2) is 115 Å². The van der Waals surface area contributed by atoms with E-state index in [1.807, 2.05) is 11.3 Å². The molecule has 0 radical (unpaired) electrons. The standard InChI is InChI=1S/C31H22SSi/c1-21-10-9-13-23(20-21)33(22-11-3-2-4-12-22)28-17-8-6-15-26(28)30-29(33)19-18-25-24-14-5-7-16-27(24)32-31(25)30/h2-20H,1H3. The lowest BCUT2D eigenvalue weighted by Crippen LogP contribution is -2.72. The number of fused-ring (bicyclic) bond motifs is 7. The molecule has 1 atom stereocenters. The first-order valence-electron chi connectivity index (χ1n) is 11.5. The molecule has 6 aromatic rings. The number of rotatable bonds is 2. The van der Waals surface area contributed by atoms with Gasteiger partial charge in [-0.3, -0.25) is 0 Å². The Hall–Kier alpha value is -3.46. The maximum absolute atomic E-state index is 2.46. The van der Waals surface area contributed by atoms with E-state index >= 15 is 0 Å². The van der Waals surface area contributed by atoms with Gasteiger partial charge in [-0.1, -0.05) is 115 Å². The van der Waals surface area contributed by atoms with Crippen molar-refractivity contribution in [1.82, 2.24) is 0 Å². The largest absolute Gasteiger partial charge is 0.180 e. The molecule has 1 aliphatic heterocycles. The van der Waals surface area contributed by atoms with Crippen LogP contribution in [0, 0.1) is 6.92 Å². The van der Waals surface area contributed by atoms with E-state index in [0.717, 1.165) is 0 Å². The van der Waals surface area contributed by atoms with Crippen molar-refractivity contribution in [1.29, 1.82) is 0 Å². The zero-order valence-electron chi connectivity index (χ0n) is 18.4. The Morgan fingerprint density at radius 2 is 1.33 bits per heavy atom. The summed E-state index contributed by atoms with van der Waals surface area (Å²) >= 11 is 1.95. The van der Waals surface area contributed by atoms with Crippen LogP contribution in [-0.2, 0) is 0 Å². The van der Waals surface area contributed by atoms with Gasteiger partial charge in [0.2, 0.25) is 0 Å². The van der Waals surface area contributed by atoms with Crippen molar-refractivity contribution in [3.05, 3.63) is 121 Å². The maximum Gasteiger partial charge on any atom is 0.180 e. The van der Waals surface area contributed by atoms with Crippen molar-refractivity contribution >= 4 is 60.3 Å². The van der Waals surface area contributed by atoms with Crippen LogP contribution in [0.25, 0.3) is 31.3 Å². The average Bonchev–Trinajstić information content (AvgIpc) is 3.38. The van der Waals surface area contributed by atoms with Crippen LogP contribution >= 0.6 is 11.3 Å². The lowest BCUT2D eigenvalue weighted by Gasteiger charge is -2.31.